The molecular formula is C21H31N3O2. The lowest BCUT2D eigenvalue weighted by molar-refractivity contribution is -0.126. The summed E-state index contributed by atoms with van der Waals surface area (Å²) in [5.41, 5.74) is 1.85. The molecule has 0 aliphatic carbocycles. The van der Waals surface area contributed by atoms with Gasteiger partial charge in [-0.2, -0.15) is 0 Å². The number of hydrogen-bond acceptors (Lipinski definition) is 3. The van der Waals surface area contributed by atoms with Crippen LogP contribution < -0.4 is 5.32 Å². The van der Waals surface area contributed by atoms with Crippen LogP contribution in [0.3, 0.4) is 0 Å². The molecular weight excluding hydrogens is 326 g/mol. The molecule has 26 heavy (non-hydrogen) atoms. The average molecular weight is 357 g/mol. The molecule has 1 N–H and O–H groups in total. The second-order valence-corrected chi connectivity index (χ2v) is 7.63. The smallest absolute Gasteiger partial charge is 0.253 e. The van der Waals surface area contributed by atoms with Crippen LogP contribution >= 0.6 is 0 Å². The van der Waals surface area contributed by atoms with Crippen LogP contribution in [0.2, 0.25) is 0 Å². The SMILES string of the molecule is CCN1CCC[C@H]1CNC(=O)[C@@H]1CCCN(C(=O)c2ccc(C)cc2)C1. The number of aryl methyl sites for hydroxylation is 1. The molecule has 5 nitrogen and oxygen atoms in total. The second kappa shape index (κ2) is 8.67. The van der Waals surface area contributed by atoms with Crippen molar-refractivity contribution in [2.24, 2.45) is 5.92 Å². The quantitative estimate of drug-likeness (QED) is 0.881. The van der Waals surface area contributed by atoms with Crippen molar-refractivity contribution in [2.45, 2.75) is 45.6 Å². The molecule has 3 rings (SSSR count). The normalized spacial score (nSPS) is 23.8. The topological polar surface area (TPSA) is 52.7 Å². The van der Waals surface area contributed by atoms with Crippen LogP contribution in [-0.4, -0.2) is 60.4 Å². The largest absolute Gasteiger partial charge is 0.354 e. The molecule has 2 atom stereocenters. The van der Waals surface area contributed by atoms with Crippen molar-refractivity contribution in [2.75, 3.05) is 32.7 Å². The molecule has 142 valence electrons. The zero-order valence-corrected chi connectivity index (χ0v) is 16.0. The van der Waals surface area contributed by atoms with Crippen molar-refractivity contribution >= 4 is 11.8 Å². The summed E-state index contributed by atoms with van der Waals surface area (Å²) in [5.74, 6) is 0.0550. The fourth-order valence-corrected chi connectivity index (χ4v) is 4.16. The summed E-state index contributed by atoms with van der Waals surface area (Å²) in [4.78, 5) is 29.6. The van der Waals surface area contributed by atoms with Gasteiger partial charge in [0.15, 0.2) is 0 Å². The summed E-state index contributed by atoms with van der Waals surface area (Å²) < 4.78 is 0. The first kappa shape index (κ1) is 18.9. The predicted octanol–water partition coefficient (Wildman–Crippen LogP) is 2.45. The van der Waals surface area contributed by atoms with Gasteiger partial charge in [-0.3, -0.25) is 14.5 Å². The third-order valence-corrected chi connectivity index (χ3v) is 5.80. The van der Waals surface area contributed by atoms with E-state index in [4.69, 9.17) is 0 Å². The predicted molar refractivity (Wildman–Crippen MR) is 103 cm³/mol. The van der Waals surface area contributed by atoms with Crippen LogP contribution in [0.4, 0.5) is 0 Å². The Labute approximate surface area is 156 Å². The fourth-order valence-electron chi connectivity index (χ4n) is 4.16. The van der Waals surface area contributed by atoms with Gasteiger partial charge in [0, 0.05) is 31.2 Å². The van der Waals surface area contributed by atoms with Crippen LogP contribution in [0.25, 0.3) is 0 Å². The number of piperidine rings is 1. The summed E-state index contributed by atoms with van der Waals surface area (Å²) in [6.45, 7) is 8.37. The second-order valence-electron chi connectivity index (χ2n) is 7.63. The molecule has 0 aromatic heterocycles. The van der Waals surface area contributed by atoms with Crippen molar-refractivity contribution in [3.05, 3.63) is 35.4 Å². The third kappa shape index (κ3) is 4.44. The van der Waals surface area contributed by atoms with Gasteiger partial charge in [-0.05, 0) is 57.8 Å². The molecule has 1 aromatic carbocycles. The Bertz CT molecular complexity index is 629. The summed E-state index contributed by atoms with van der Waals surface area (Å²) in [6, 6.07) is 8.14. The maximum atomic E-state index is 12.7. The minimum atomic E-state index is -0.0883. The number of amides is 2. The Hall–Kier alpha value is -1.88. The van der Waals surface area contributed by atoms with E-state index in [9.17, 15) is 9.59 Å². The maximum Gasteiger partial charge on any atom is 0.253 e. The van der Waals surface area contributed by atoms with Crippen LogP contribution in [0.15, 0.2) is 24.3 Å². The van der Waals surface area contributed by atoms with Gasteiger partial charge in [-0.1, -0.05) is 24.6 Å². The molecule has 2 aliphatic heterocycles. The van der Waals surface area contributed by atoms with Crippen LogP contribution in [-0.2, 0) is 4.79 Å². The van der Waals surface area contributed by atoms with E-state index in [2.05, 4.69) is 17.1 Å². The average Bonchev–Trinajstić information content (AvgIpc) is 3.14. The maximum absolute atomic E-state index is 12.7. The summed E-state index contributed by atoms with van der Waals surface area (Å²) >= 11 is 0. The van der Waals surface area contributed by atoms with Gasteiger partial charge in [0.05, 0.1) is 5.92 Å². The van der Waals surface area contributed by atoms with Crippen molar-refractivity contribution in [1.82, 2.24) is 15.1 Å². The van der Waals surface area contributed by atoms with E-state index >= 15 is 0 Å². The molecule has 0 bridgehead atoms. The first-order chi connectivity index (χ1) is 12.6. The van der Waals surface area contributed by atoms with Gasteiger partial charge in [-0.25, -0.2) is 0 Å². The Kier molecular flexibility index (Phi) is 6.30. The van der Waals surface area contributed by atoms with Crippen molar-refractivity contribution in [3.8, 4) is 0 Å². The standard InChI is InChI=1S/C21H31N3O2/c1-3-23-12-5-7-19(23)14-22-20(25)18-6-4-13-24(15-18)21(26)17-10-8-16(2)9-11-17/h8-11,18-19H,3-7,12-15H2,1-2H3,(H,22,25)/t18-,19+/m1/s1. The molecule has 2 saturated heterocycles. The number of nitrogens with zero attached hydrogens (tertiary/aromatic N) is 2. The summed E-state index contributed by atoms with van der Waals surface area (Å²) in [5, 5.41) is 3.15. The number of rotatable bonds is 5. The first-order valence-corrected chi connectivity index (χ1v) is 9.96. The van der Waals surface area contributed by atoms with Gasteiger partial charge >= 0.3 is 0 Å². The van der Waals surface area contributed by atoms with Gasteiger partial charge in [-0.15, -0.1) is 0 Å². The lowest BCUT2D eigenvalue weighted by Crippen LogP contribution is -2.47. The number of carbonyl (C=O) groups excluding carboxylic acids is 2. The lowest BCUT2D eigenvalue weighted by atomic mass is 9.96. The highest BCUT2D eigenvalue weighted by Crippen LogP contribution is 2.20. The van der Waals surface area contributed by atoms with Gasteiger partial charge < -0.3 is 10.2 Å². The van der Waals surface area contributed by atoms with E-state index in [1.807, 2.05) is 36.1 Å². The molecule has 2 heterocycles. The zero-order valence-electron chi connectivity index (χ0n) is 16.0. The molecule has 0 spiro atoms. The number of benzene rings is 1. The summed E-state index contributed by atoms with van der Waals surface area (Å²) in [6.07, 6.45) is 4.14. The third-order valence-electron chi connectivity index (χ3n) is 5.80. The van der Waals surface area contributed by atoms with E-state index in [1.54, 1.807) is 0 Å². The number of carbonyl (C=O) groups is 2. The highest BCUT2D eigenvalue weighted by Gasteiger charge is 2.30. The Balaban J connectivity index is 1.53. The number of likely N-dealkylation sites (N-methyl/N-ethyl adjacent to an activating group) is 1. The van der Waals surface area contributed by atoms with E-state index in [1.165, 1.54) is 6.42 Å². The lowest BCUT2D eigenvalue weighted by Gasteiger charge is -2.32. The van der Waals surface area contributed by atoms with E-state index in [0.717, 1.165) is 51.0 Å². The van der Waals surface area contributed by atoms with Crippen LogP contribution in [0.5, 0.6) is 0 Å². The highest BCUT2D eigenvalue weighted by atomic mass is 16.2. The van der Waals surface area contributed by atoms with E-state index < -0.39 is 0 Å². The molecule has 2 fully saturated rings. The molecule has 1 aromatic rings. The fraction of sp³-hybridized carbons (Fsp3) is 0.619. The Morgan fingerprint density at radius 3 is 2.58 bits per heavy atom. The van der Waals surface area contributed by atoms with Gasteiger partial charge in [0.2, 0.25) is 5.91 Å². The minimum absolute atomic E-state index is 0.0375. The van der Waals surface area contributed by atoms with Crippen LogP contribution in [0.1, 0.15) is 48.5 Å². The van der Waals surface area contributed by atoms with E-state index in [-0.39, 0.29) is 17.7 Å². The molecule has 0 saturated carbocycles. The number of nitrogens with one attached hydrogen (secondary N) is 1. The first-order valence-electron chi connectivity index (χ1n) is 9.96. The van der Waals surface area contributed by atoms with E-state index in [0.29, 0.717) is 18.2 Å². The monoisotopic (exact) mass is 357 g/mol. The highest BCUT2D eigenvalue weighted by molar-refractivity contribution is 5.94. The van der Waals surface area contributed by atoms with Crippen molar-refractivity contribution < 1.29 is 9.59 Å². The van der Waals surface area contributed by atoms with Gasteiger partial charge in [0.25, 0.3) is 5.91 Å². The molecule has 0 unspecified atom stereocenters. The Morgan fingerprint density at radius 1 is 1.12 bits per heavy atom. The molecule has 5 heteroatoms. The van der Waals surface area contributed by atoms with Crippen molar-refractivity contribution in [3.63, 3.8) is 0 Å². The van der Waals surface area contributed by atoms with Gasteiger partial charge in [0.1, 0.15) is 0 Å². The molecule has 2 aliphatic rings. The minimum Gasteiger partial charge on any atom is -0.354 e. The number of likely N-dealkylation sites (tertiary alicyclic amines) is 2. The summed E-state index contributed by atoms with van der Waals surface area (Å²) in [7, 11) is 0. The Morgan fingerprint density at radius 2 is 1.85 bits per heavy atom. The molecule has 2 amide bonds. The van der Waals surface area contributed by atoms with Crippen molar-refractivity contribution in [1.29, 1.82) is 0 Å². The number of hydrogen-bond donors (Lipinski definition) is 1. The molecule has 0 radical (unpaired) electrons. The van der Waals surface area contributed by atoms with Crippen LogP contribution in [0, 0.1) is 12.8 Å². The zero-order chi connectivity index (χ0) is 18.5.